The Kier molecular flexibility index (Phi) is 10.3. The minimum atomic E-state index is 0. The maximum Gasteiger partial charge on any atom is 0.0791 e. The molecule has 0 saturated carbocycles. The van der Waals surface area contributed by atoms with Gasteiger partial charge >= 0.3 is 0 Å². The van der Waals surface area contributed by atoms with E-state index in [4.69, 9.17) is 0 Å². The predicted octanol–water partition coefficient (Wildman–Crippen LogP) is 1.72. The van der Waals surface area contributed by atoms with E-state index in [1.54, 1.807) is 23.0 Å². The van der Waals surface area contributed by atoms with E-state index < -0.39 is 0 Å². The third-order valence-corrected chi connectivity index (χ3v) is 0.869. The minimum absolute atomic E-state index is 0. The van der Waals surface area contributed by atoms with Crippen molar-refractivity contribution in [3.8, 4) is 0 Å². The maximum absolute atomic E-state index is 3.74. The minimum Gasteiger partial charge on any atom is -0.253 e. The number of hydrogen-bond acceptors (Lipinski definition) is 2. The third-order valence-electron chi connectivity index (χ3n) is 0.347. The van der Waals surface area contributed by atoms with Crippen LogP contribution in [0.1, 0.15) is 0 Å². The summed E-state index contributed by atoms with van der Waals surface area (Å²) in [6.07, 6.45) is 1.77. The topological polar surface area (TPSA) is 12.9 Å². The van der Waals surface area contributed by atoms with E-state index in [0.717, 1.165) is 0 Å². The molecule has 0 aliphatic rings. The van der Waals surface area contributed by atoms with Gasteiger partial charge in [0.05, 0.1) is 5.51 Å². The quantitative estimate of drug-likeness (QED) is 0.620. The molecule has 1 heterocycles. The second-order valence-corrected chi connectivity index (χ2v) is 1.43. The molecule has 0 bridgehead atoms. The van der Waals surface area contributed by atoms with Crippen LogP contribution in [0.25, 0.3) is 0 Å². The molecule has 0 unspecified atom stereocenters. The summed E-state index contributed by atoms with van der Waals surface area (Å²) in [7, 11) is 0. The summed E-state index contributed by atoms with van der Waals surface area (Å²) in [5.74, 6) is 0. The second kappa shape index (κ2) is 6.73. The summed E-state index contributed by atoms with van der Waals surface area (Å²) in [5, 5.41) is 1.93. The first-order valence-corrected chi connectivity index (χ1v) is 2.26. The Labute approximate surface area is 69.7 Å². The van der Waals surface area contributed by atoms with Crippen LogP contribution in [0.15, 0.2) is 17.1 Å². The smallest absolute Gasteiger partial charge is 0.0791 e. The van der Waals surface area contributed by atoms with E-state index in [2.05, 4.69) is 4.98 Å². The molecule has 4 heteroatoms. The van der Waals surface area contributed by atoms with Gasteiger partial charge in [-0.05, 0) is 0 Å². The summed E-state index contributed by atoms with van der Waals surface area (Å²) < 4.78 is 0. The summed E-state index contributed by atoms with van der Waals surface area (Å²) in [4.78, 5) is 3.74. The van der Waals surface area contributed by atoms with Crippen molar-refractivity contribution in [3.63, 3.8) is 0 Å². The summed E-state index contributed by atoms with van der Waals surface area (Å²) in [6, 6.07) is 0. The molecule has 0 N–H and O–H groups in total. The van der Waals surface area contributed by atoms with Crippen LogP contribution in [0.3, 0.4) is 0 Å². The van der Waals surface area contributed by atoms with Crippen LogP contribution in [-0.4, -0.2) is 4.98 Å². The van der Waals surface area contributed by atoms with Crippen molar-refractivity contribution < 1.29 is 19.5 Å². The molecule has 36 valence electrons. The van der Waals surface area contributed by atoms with Gasteiger partial charge in [0.15, 0.2) is 0 Å². The van der Waals surface area contributed by atoms with Crippen LogP contribution in [0.5, 0.6) is 0 Å². The van der Waals surface area contributed by atoms with Crippen LogP contribution >= 0.6 is 28.3 Å². The molecule has 0 amide bonds. The van der Waals surface area contributed by atoms with Gasteiger partial charge in [0, 0.05) is 31.1 Å². The first-order valence-electron chi connectivity index (χ1n) is 1.32. The van der Waals surface area contributed by atoms with Crippen molar-refractivity contribution in [2.45, 2.75) is 0 Å². The molecule has 7 heavy (non-hydrogen) atoms. The Morgan fingerprint density at radius 1 is 1.43 bits per heavy atom. The second-order valence-electron chi connectivity index (χ2n) is 0.676. The largest absolute Gasteiger partial charge is 0.253 e. The zero-order chi connectivity index (χ0) is 3.54. The van der Waals surface area contributed by atoms with Crippen LogP contribution in [-0.2, 0) is 19.5 Å². The molecule has 1 nitrogen and oxygen atoms in total. The fourth-order valence-electron chi connectivity index (χ4n) is 0.176. The number of rotatable bonds is 0. The van der Waals surface area contributed by atoms with Crippen LogP contribution in [0.4, 0.5) is 0 Å². The molecular formula is C3H4BrNSZn. The molecule has 0 aliphatic heterocycles. The van der Waals surface area contributed by atoms with Gasteiger partial charge in [-0.15, -0.1) is 28.3 Å². The zero-order valence-electron chi connectivity index (χ0n) is 3.70. The van der Waals surface area contributed by atoms with Crippen LogP contribution in [0, 0.1) is 0 Å². The molecule has 1 aromatic heterocycles. The van der Waals surface area contributed by atoms with Crippen molar-refractivity contribution in [1.29, 1.82) is 0 Å². The normalized spacial score (nSPS) is 5.71. The summed E-state index contributed by atoms with van der Waals surface area (Å²) >= 11 is 1.60. The average molecular weight is 231 g/mol. The maximum atomic E-state index is 3.74. The monoisotopic (exact) mass is 229 g/mol. The zero-order valence-corrected chi connectivity index (χ0v) is 9.20. The number of nitrogens with zero attached hydrogens (tertiary/aromatic N) is 1. The van der Waals surface area contributed by atoms with E-state index in [1.165, 1.54) is 0 Å². The molecule has 0 fully saturated rings. The predicted molar refractivity (Wildman–Crippen MR) is 32.4 cm³/mol. The van der Waals surface area contributed by atoms with Gasteiger partial charge in [-0.25, -0.2) is 0 Å². The van der Waals surface area contributed by atoms with Crippen molar-refractivity contribution in [2.24, 2.45) is 0 Å². The van der Waals surface area contributed by atoms with E-state index >= 15 is 0 Å². The van der Waals surface area contributed by atoms with Gasteiger partial charge in [0.25, 0.3) is 0 Å². The molecular weight excluding hydrogens is 227 g/mol. The van der Waals surface area contributed by atoms with E-state index in [-0.39, 0.29) is 36.5 Å². The number of halogens is 1. The van der Waals surface area contributed by atoms with Gasteiger partial charge in [0.1, 0.15) is 0 Å². The molecule has 1 aromatic rings. The average Bonchev–Trinajstić information content (AvgIpc) is 1.76. The molecule has 0 atom stereocenters. The van der Waals surface area contributed by atoms with Gasteiger partial charge in [0.2, 0.25) is 0 Å². The first-order chi connectivity index (χ1) is 2.50. The molecule has 0 aliphatic carbocycles. The first kappa shape index (κ1) is 10.7. The molecule has 1 rings (SSSR count). The third kappa shape index (κ3) is 4.59. The van der Waals surface area contributed by atoms with Crippen LogP contribution < -0.4 is 0 Å². The van der Waals surface area contributed by atoms with Gasteiger partial charge in [-0.3, -0.25) is 4.98 Å². The van der Waals surface area contributed by atoms with Gasteiger partial charge in [-0.1, -0.05) is 0 Å². The summed E-state index contributed by atoms with van der Waals surface area (Å²) in [6.45, 7) is 0. The van der Waals surface area contributed by atoms with E-state index in [9.17, 15) is 0 Å². The van der Waals surface area contributed by atoms with Crippen molar-refractivity contribution >= 4 is 28.3 Å². The number of thiazole rings is 1. The fraction of sp³-hybridized carbons (Fsp3) is 0. The SMILES string of the molecule is Br.[Zn].c1cscn1. The van der Waals surface area contributed by atoms with E-state index in [1.807, 2.05) is 5.38 Å². The Hall–Kier alpha value is 0.733. The Morgan fingerprint density at radius 3 is 2.29 bits per heavy atom. The summed E-state index contributed by atoms with van der Waals surface area (Å²) in [5.41, 5.74) is 1.79. The Morgan fingerprint density at radius 2 is 2.14 bits per heavy atom. The van der Waals surface area contributed by atoms with Crippen molar-refractivity contribution in [3.05, 3.63) is 17.1 Å². The molecule has 0 spiro atoms. The Balaban J connectivity index is 0. The number of aromatic nitrogens is 1. The Bertz CT molecular complexity index is 71.4. The van der Waals surface area contributed by atoms with Crippen LogP contribution in [0.2, 0.25) is 0 Å². The fourth-order valence-corrected chi connectivity index (χ4v) is 0.527. The van der Waals surface area contributed by atoms with Gasteiger partial charge < -0.3 is 0 Å². The molecule has 0 aromatic carbocycles. The van der Waals surface area contributed by atoms with Gasteiger partial charge in [-0.2, -0.15) is 0 Å². The standard InChI is InChI=1S/C3H3NS.BrH.Zn/c1-2-5-3-4-1;;/h1-3H;1H;. The van der Waals surface area contributed by atoms with E-state index in [0.29, 0.717) is 0 Å². The molecule has 0 saturated heterocycles. The number of hydrogen-bond donors (Lipinski definition) is 0. The van der Waals surface area contributed by atoms with Crippen molar-refractivity contribution in [1.82, 2.24) is 4.98 Å². The van der Waals surface area contributed by atoms with Crippen molar-refractivity contribution in [2.75, 3.05) is 0 Å². The molecule has 0 radical (unpaired) electrons.